The van der Waals surface area contributed by atoms with Gasteiger partial charge in [-0.25, -0.2) is 4.79 Å². The van der Waals surface area contributed by atoms with Crippen LogP contribution in [-0.2, 0) is 11.2 Å². The van der Waals surface area contributed by atoms with Gasteiger partial charge in [-0.05, 0) is 55.4 Å². The molecule has 0 aromatic heterocycles. The maximum atomic E-state index is 11.1. The smallest absolute Gasteiger partial charge is 0.335 e. The number of unbranched alkanes of at least 4 members (excludes halogenated alkanes) is 3. The van der Waals surface area contributed by atoms with Gasteiger partial charge in [-0.15, -0.1) is 0 Å². The number of carboxylic acid groups (broad SMARTS) is 2. The first-order chi connectivity index (χ1) is 15.5. The van der Waals surface area contributed by atoms with Gasteiger partial charge in [-0.3, -0.25) is 4.79 Å². The largest absolute Gasteiger partial charge is 0.493 e. The number of rotatable bonds is 15. The highest BCUT2D eigenvalue weighted by atomic mass is 16.5. The summed E-state index contributed by atoms with van der Waals surface area (Å²) in [5.74, 6) is -0.615. The second-order valence-electron chi connectivity index (χ2n) is 8.06. The van der Waals surface area contributed by atoms with Crippen molar-refractivity contribution in [2.45, 2.75) is 58.3 Å². The third kappa shape index (κ3) is 9.38. The minimum Gasteiger partial charge on any atom is -0.493 e. The van der Waals surface area contributed by atoms with Crippen molar-refractivity contribution in [3.05, 3.63) is 71.3 Å². The van der Waals surface area contributed by atoms with E-state index < -0.39 is 11.9 Å². The van der Waals surface area contributed by atoms with Crippen LogP contribution in [0.3, 0.4) is 0 Å². The van der Waals surface area contributed by atoms with Gasteiger partial charge in [0.15, 0.2) is 0 Å². The molecule has 0 aliphatic rings. The van der Waals surface area contributed by atoms with Crippen LogP contribution in [-0.4, -0.2) is 28.8 Å². The highest BCUT2D eigenvalue weighted by Crippen LogP contribution is 2.24. The predicted octanol–water partition coefficient (Wildman–Crippen LogP) is 6.47. The molecule has 0 spiro atoms. The molecule has 0 fully saturated rings. The number of hydrogen-bond acceptors (Lipinski definition) is 3. The van der Waals surface area contributed by atoms with Gasteiger partial charge in [-0.1, -0.05) is 68.7 Å². The zero-order valence-electron chi connectivity index (χ0n) is 18.8. The first kappa shape index (κ1) is 25.2. The molecular weight excluding hydrogens is 404 g/mol. The molecule has 0 radical (unpaired) electrons. The minimum atomic E-state index is -0.933. The summed E-state index contributed by atoms with van der Waals surface area (Å²) in [6.45, 7) is 2.87. The number of aromatic carboxylic acids is 1. The van der Waals surface area contributed by atoms with Gasteiger partial charge in [0, 0.05) is 12.0 Å². The quantitative estimate of drug-likeness (QED) is 0.311. The Bertz CT molecular complexity index is 870. The minimum absolute atomic E-state index is 0.179. The van der Waals surface area contributed by atoms with E-state index >= 15 is 0 Å². The summed E-state index contributed by atoms with van der Waals surface area (Å²) >= 11 is 0. The molecule has 0 saturated heterocycles. The van der Waals surface area contributed by atoms with E-state index in [2.05, 4.69) is 19.1 Å². The lowest BCUT2D eigenvalue weighted by molar-refractivity contribution is -0.137. The Hall–Kier alpha value is -3.08. The molecule has 32 heavy (non-hydrogen) atoms. The van der Waals surface area contributed by atoms with Crippen molar-refractivity contribution in [1.29, 1.82) is 0 Å². The molecule has 0 heterocycles. The van der Waals surface area contributed by atoms with Crippen LogP contribution < -0.4 is 4.74 Å². The molecule has 0 bridgehead atoms. The lowest BCUT2D eigenvalue weighted by Crippen LogP contribution is -2.04. The van der Waals surface area contributed by atoms with E-state index in [0.717, 1.165) is 55.4 Å². The molecule has 2 aromatic carbocycles. The standard InChI is InChI=1S/C27H34O5/c1-2-3-8-19-32-25-11-6-5-10-23(25)16-13-21(9-4-7-12-26(28)29)20-22-14-17-24(18-15-22)27(30)31/h5-6,10-11,13-18,21H,2-4,7-9,12,19-20H2,1H3,(H,28,29)(H,30,31)/b16-13+. The first-order valence-electron chi connectivity index (χ1n) is 11.4. The second-order valence-corrected chi connectivity index (χ2v) is 8.06. The number of aliphatic carboxylic acids is 1. The number of benzene rings is 2. The van der Waals surface area contributed by atoms with Crippen LogP contribution >= 0.6 is 0 Å². The van der Waals surface area contributed by atoms with E-state index in [1.54, 1.807) is 12.1 Å². The summed E-state index contributed by atoms with van der Waals surface area (Å²) < 4.78 is 5.98. The molecule has 0 aliphatic heterocycles. The number of carboxylic acids is 2. The zero-order valence-corrected chi connectivity index (χ0v) is 18.8. The number of allylic oxidation sites excluding steroid dienone is 1. The summed E-state index contributed by atoms with van der Waals surface area (Å²) in [6, 6.07) is 14.9. The van der Waals surface area contributed by atoms with Gasteiger partial charge in [-0.2, -0.15) is 0 Å². The fourth-order valence-corrected chi connectivity index (χ4v) is 3.56. The number of ether oxygens (including phenoxy) is 1. The monoisotopic (exact) mass is 438 g/mol. The molecule has 2 rings (SSSR count). The van der Waals surface area contributed by atoms with Gasteiger partial charge < -0.3 is 14.9 Å². The predicted molar refractivity (Wildman–Crippen MR) is 127 cm³/mol. The van der Waals surface area contributed by atoms with Gasteiger partial charge in [0.05, 0.1) is 12.2 Å². The molecule has 5 nitrogen and oxygen atoms in total. The third-order valence-corrected chi connectivity index (χ3v) is 5.39. The van der Waals surface area contributed by atoms with E-state index in [9.17, 15) is 9.59 Å². The zero-order chi connectivity index (χ0) is 23.2. The van der Waals surface area contributed by atoms with E-state index in [-0.39, 0.29) is 17.9 Å². The maximum absolute atomic E-state index is 11.1. The van der Waals surface area contributed by atoms with Gasteiger partial charge in [0.1, 0.15) is 5.75 Å². The molecule has 0 amide bonds. The van der Waals surface area contributed by atoms with Gasteiger partial charge in [0.25, 0.3) is 0 Å². The lowest BCUT2D eigenvalue weighted by atomic mass is 9.92. The average Bonchev–Trinajstić information content (AvgIpc) is 2.78. The SMILES string of the molecule is CCCCCOc1ccccc1/C=C/C(CCCCC(=O)O)Cc1ccc(C(=O)O)cc1. The van der Waals surface area contributed by atoms with Crippen molar-refractivity contribution >= 4 is 18.0 Å². The molecule has 1 unspecified atom stereocenters. The molecule has 2 aromatic rings. The number of para-hydroxylation sites is 1. The van der Waals surface area contributed by atoms with Crippen molar-refractivity contribution < 1.29 is 24.5 Å². The van der Waals surface area contributed by atoms with Crippen LogP contribution in [0.2, 0.25) is 0 Å². The van der Waals surface area contributed by atoms with Crippen molar-refractivity contribution in [2.24, 2.45) is 5.92 Å². The van der Waals surface area contributed by atoms with Gasteiger partial charge >= 0.3 is 11.9 Å². The average molecular weight is 439 g/mol. The third-order valence-electron chi connectivity index (χ3n) is 5.39. The van der Waals surface area contributed by atoms with Crippen molar-refractivity contribution in [1.82, 2.24) is 0 Å². The molecule has 0 saturated carbocycles. The summed E-state index contributed by atoms with van der Waals surface area (Å²) in [5, 5.41) is 18.0. The highest BCUT2D eigenvalue weighted by Gasteiger charge is 2.10. The fourth-order valence-electron chi connectivity index (χ4n) is 3.56. The number of hydrogen-bond donors (Lipinski definition) is 2. The van der Waals surface area contributed by atoms with Crippen LogP contribution in [0, 0.1) is 5.92 Å². The van der Waals surface area contributed by atoms with E-state index in [0.29, 0.717) is 13.0 Å². The molecule has 1 atom stereocenters. The summed E-state index contributed by atoms with van der Waals surface area (Å²) in [4.78, 5) is 21.9. The summed E-state index contributed by atoms with van der Waals surface area (Å²) in [6.07, 6.45) is 10.9. The van der Waals surface area contributed by atoms with E-state index in [1.807, 2.05) is 36.4 Å². The summed E-state index contributed by atoms with van der Waals surface area (Å²) in [7, 11) is 0. The molecular formula is C27H34O5. The molecule has 2 N–H and O–H groups in total. The fraction of sp³-hybridized carbons (Fsp3) is 0.407. The molecule has 0 aliphatic carbocycles. The molecule has 172 valence electrons. The Labute approximate surface area is 190 Å². The van der Waals surface area contributed by atoms with Crippen molar-refractivity contribution in [3.63, 3.8) is 0 Å². The Morgan fingerprint density at radius 2 is 1.72 bits per heavy atom. The first-order valence-corrected chi connectivity index (χ1v) is 11.4. The highest BCUT2D eigenvalue weighted by molar-refractivity contribution is 5.87. The van der Waals surface area contributed by atoms with Crippen LogP contribution in [0.5, 0.6) is 5.75 Å². The Balaban J connectivity index is 2.08. The van der Waals surface area contributed by atoms with Crippen LogP contribution in [0.4, 0.5) is 0 Å². The molecule has 5 heteroatoms. The van der Waals surface area contributed by atoms with E-state index in [4.69, 9.17) is 14.9 Å². The van der Waals surface area contributed by atoms with Crippen LogP contribution in [0.25, 0.3) is 6.08 Å². The second kappa shape index (κ2) is 14.1. The van der Waals surface area contributed by atoms with Crippen LogP contribution in [0.15, 0.2) is 54.6 Å². The van der Waals surface area contributed by atoms with E-state index in [1.165, 1.54) is 0 Å². The number of carbonyl (C=O) groups is 2. The normalized spacial score (nSPS) is 12.0. The topological polar surface area (TPSA) is 83.8 Å². The maximum Gasteiger partial charge on any atom is 0.335 e. The lowest BCUT2D eigenvalue weighted by Gasteiger charge is -2.14. The van der Waals surface area contributed by atoms with Crippen LogP contribution in [0.1, 0.15) is 73.4 Å². The Morgan fingerprint density at radius 1 is 0.969 bits per heavy atom. The Kier molecular flexibility index (Phi) is 11.1. The van der Waals surface area contributed by atoms with Crippen molar-refractivity contribution in [3.8, 4) is 5.75 Å². The Morgan fingerprint density at radius 3 is 2.41 bits per heavy atom. The summed E-state index contributed by atoms with van der Waals surface area (Å²) in [5.41, 5.74) is 2.36. The van der Waals surface area contributed by atoms with Crippen molar-refractivity contribution in [2.75, 3.05) is 6.61 Å². The van der Waals surface area contributed by atoms with Gasteiger partial charge in [0.2, 0.25) is 0 Å².